The van der Waals surface area contributed by atoms with Gasteiger partial charge in [-0.25, -0.2) is 5.01 Å². The number of benzene rings is 4. The van der Waals surface area contributed by atoms with E-state index >= 15 is 0 Å². The van der Waals surface area contributed by atoms with Crippen molar-refractivity contribution in [1.29, 1.82) is 5.26 Å². The van der Waals surface area contributed by atoms with Crippen molar-refractivity contribution in [2.45, 2.75) is 12.1 Å². The Morgan fingerprint density at radius 3 is 2.00 bits per heavy atom. The molecule has 2 amide bonds. The molecule has 0 aromatic heterocycles. The molecular weight excluding hydrogens is 476 g/mol. The predicted molar refractivity (Wildman–Crippen MR) is 142 cm³/mol. The lowest BCUT2D eigenvalue weighted by Gasteiger charge is -2.17. The Morgan fingerprint density at radius 1 is 0.816 bits per heavy atom. The van der Waals surface area contributed by atoms with Gasteiger partial charge in [0.15, 0.2) is 0 Å². The van der Waals surface area contributed by atoms with Crippen LogP contribution in [-0.2, 0) is 0 Å². The van der Waals surface area contributed by atoms with Crippen LogP contribution in [0.4, 0.5) is 5.69 Å². The number of nitrogens with zero attached hydrogens (tertiary/aromatic N) is 4. The van der Waals surface area contributed by atoms with E-state index < -0.39 is 0 Å². The maximum absolute atomic E-state index is 13.5. The second kappa shape index (κ2) is 9.43. The molecule has 4 aromatic carbocycles. The molecule has 6 rings (SSSR count). The number of methoxy groups -OCH3 is 1. The first-order chi connectivity index (χ1) is 18.6. The number of rotatable bonds is 6. The lowest BCUT2D eigenvalue weighted by Crippen LogP contribution is -2.37. The Kier molecular flexibility index (Phi) is 5.79. The van der Waals surface area contributed by atoms with Crippen LogP contribution in [0.5, 0.6) is 5.75 Å². The molecule has 4 aromatic rings. The summed E-state index contributed by atoms with van der Waals surface area (Å²) in [6.07, 6.45) is 0. The van der Waals surface area contributed by atoms with Crippen LogP contribution >= 0.6 is 0 Å². The second-order valence-electron chi connectivity index (χ2n) is 9.03. The molecule has 2 aliphatic rings. The molecule has 0 spiro atoms. The zero-order valence-electron chi connectivity index (χ0n) is 20.5. The molecule has 3 atom stereocenters. The third-order valence-corrected chi connectivity index (χ3v) is 6.84. The topological polar surface area (TPSA) is 85.8 Å². The third-order valence-electron chi connectivity index (χ3n) is 6.84. The minimum absolute atomic E-state index is 0.305. The molecule has 2 aliphatic heterocycles. The second-order valence-corrected chi connectivity index (χ2v) is 9.03. The zero-order valence-corrected chi connectivity index (χ0v) is 20.5. The zero-order chi connectivity index (χ0) is 26.2. The highest BCUT2D eigenvalue weighted by atomic mass is 16.5. The van der Waals surface area contributed by atoms with Gasteiger partial charge in [-0.2, -0.15) is 10.3 Å². The number of fused-ring (bicyclic) bond motifs is 1. The quantitative estimate of drug-likeness (QED) is 0.204. The molecule has 0 N–H and O–H groups in total. The molecule has 1 saturated heterocycles. The van der Waals surface area contributed by atoms with Crippen LogP contribution in [0.25, 0.3) is 0 Å². The Hall–Kier alpha value is -5.06. The number of nitriles is 1. The maximum atomic E-state index is 13.5. The van der Waals surface area contributed by atoms with Crippen LogP contribution in [0.3, 0.4) is 0 Å². The van der Waals surface area contributed by atoms with Gasteiger partial charge in [-0.3, -0.25) is 14.6 Å². The first kappa shape index (κ1) is 23.3. The normalized spacial score (nSPS) is 20.2. The standard InChI is InChI=1S/C31H22N4O3/c1-38-24-17-13-22(14-18-24)28-29(34(28)35-30(36)25-9-5-6-10-26(25)31(35)37)27(21-7-3-2-4-8-21)33-23-15-11-20(19-32)12-16-23/h2-18,28-29H,1H3/t28-,29-,34?/m0/s1. The number of carbonyl (C=O) groups is 2. The van der Waals surface area contributed by atoms with Gasteiger partial charge in [-0.05, 0) is 59.7 Å². The molecule has 0 bridgehead atoms. The summed E-state index contributed by atoms with van der Waals surface area (Å²) in [6, 6.07) is 32.7. The fourth-order valence-electron chi connectivity index (χ4n) is 4.93. The number of amides is 2. The fourth-order valence-corrected chi connectivity index (χ4v) is 4.93. The van der Waals surface area contributed by atoms with Gasteiger partial charge < -0.3 is 4.74 Å². The summed E-state index contributed by atoms with van der Waals surface area (Å²) in [7, 11) is 1.61. The summed E-state index contributed by atoms with van der Waals surface area (Å²) in [5, 5.41) is 12.3. The van der Waals surface area contributed by atoms with Crippen molar-refractivity contribution in [3.05, 3.63) is 131 Å². The Morgan fingerprint density at radius 2 is 1.42 bits per heavy atom. The van der Waals surface area contributed by atoms with Gasteiger partial charge >= 0.3 is 0 Å². The summed E-state index contributed by atoms with van der Waals surface area (Å²) < 4.78 is 5.33. The van der Waals surface area contributed by atoms with Gasteiger partial charge in [0.05, 0.1) is 53.4 Å². The smallest absolute Gasteiger partial charge is 0.276 e. The number of aliphatic imine (C=N–C) groups is 1. The highest BCUT2D eigenvalue weighted by molar-refractivity contribution is 6.21. The Labute approximate surface area is 219 Å². The van der Waals surface area contributed by atoms with Crippen LogP contribution in [0.15, 0.2) is 108 Å². The van der Waals surface area contributed by atoms with Gasteiger partial charge in [0.2, 0.25) is 0 Å². The van der Waals surface area contributed by atoms with Gasteiger partial charge in [0.25, 0.3) is 11.8 Å². The summed E-state index contributed by atoms with van der Waals surface area (Å²) in [6.45, 7) is 0. The SMILES string of the molecule is COc1ccc([C@H]2[C@H](C(=Nc3ccc(C#N)cc3)c3ccccc3)N2N2C(=O)c3ccccc3C2=O)cc1. The van der Waals surface area contributed by atoms with Crippen LogP contribution in [0.2, 0.25) is 0 Å². The van der Waals surface area contributed by atoms with Gasteiger partial charge in [0, 0.05) is 0 Å². The molecule has 7 heteroatoms. The van der Waals surface area contributed by atoms with E-state index in [1.165, 1.54) is 5.01 Å². The number of hydrogen-bond acceptors (Lipinski definition) is 6. The lowest BCUT2D eigenvalue weighted by atomic mass is 10.0. The minimum Gasteiger partial charge on any atom is -0.497 e. The average Bonchev–Trinajstić information content (AvgIpc) is 3.64. The molecular formula is C31H22N4O3. The fraction of sp³-hybridized carbons (Fsp3) is 0.0968. The minimum atomic E-state index is -0.386. The van der Waals surface area contributed by atoms with Crippen LogP contribution in [0.1, 0.15) is 43.4 Å². The lowest BCUT2D eigenvalue weighted by molar-refractivity contribution is 0.0358. The van der Waals surface area contributed by atoms with Crippen LogP contribution in [-0.4, -0.2) is 40.7 Å². The van der Waals surface area contributed by atoms with Crippen molar-refractivity contribution in [2.24, 2.45) is 4.99 Å². The number of hydrogen-bond donors (Lipinski definition) is 0. The van der Waals surface area contributed by atoms with Crippen LogP contribution < -0.4 is 4.74 Å². The largest absolute Gasteiger partial charge is 0.497 e. The van der Waals surface area contributed by atoms with Gasteiger partial charge in [-0.1, -0.05) is 54.6 Å². The Balaban J connectivity index is 1.47. The number of imide groups is 1. The van der Waals surface area contributed by atoms with Crippen molar-refractivity contribution in [2.75, 3.05) is 7.11 Å². The summed E-state index contributed by atoms with van der Waals surface area (Å²) in [5.41, 5.74) is 4.51. The third kappa shape index (κ3) is 3.94. The highest BCUT2D eigenvalue weighted by Gasteiger charge is 2.60. The molecule has 2 heterocycles. The molecule has 1 fully saturated rings. The summed E-state index contributed by atoms with van der Waals surface area (Å²) in [4.78, 5) is 31.9. The van der Waals surface area contributed by atoms with E-state index in [0.29, 0.717) is 33.8 Å². The van der Waals surface area contributed by atoms with Crippen molar-refractivity contribution in [3.63, 3.8) is 0 Å². The van der Waals surface area contributed by atoms with Gasteiger partial charge in [0.1, 0.15) is 5.75 Å². The van der Waals surface area contributed by atoms with Crippen molar-refractivity contribution in [1.82, 2.24) is 10.0 Å². The number of ether oxygens (including phenoxy) is 1. The van der Waals surface area contributed by atoms with Crippen molar-refractivity contribution < 1.29 is 14.3 Å². The monoisotopic (exact) mass is 498 g/mol. The first-order valence-corrected chi connectivity index (χ1v) is 12.1. The van der Waals surface area contributed by atoms with E-state index in [-0.39, 0.29) is 23.9 Å². The van der Waals surface area contributed by atoms with Crippen molar-refractivity contribution >= 4 is 23.2 Å². The molecule has 1 unspecified atom stereocenters. The molecule has 7 nitrogen and oxygen atoms in total. The Bertz CT molecular complexity index is 1570. The van der Waals surface area contributed by atoms with E-state index in [9.17, 15) is 14.9 Å². The molecule has 38 heavy (non-hydrogen) atoms. The summed E-state index contributed by atoms with van der Waals surface area (Å²) >= 11 is 0. The average molecular weight is 499 g/mol. The van der Waals surface area contributed by atoms with Crippen molar-refractivity contribution in [3.8, 4) is 11.8 Å². The molecule has 184 valence electrons. The number of hydrazine groups is 1. The first-order valence-electron chi connectivity index (χ1n) is 12.1. The molecule has 0 aliphatic carbocycles. The highest BCUT2D eigenvalue weighted by Crippen LogP contribution is 2.49. The van der Waals surface area contributed by atoms with E-state index in [1.54, 1.807) is 55.6 Å². The van der Waals surface area contributed by atoms with E-state index in [4.69, 9.17) is 9.73 Å². The molecule has 0 radical (unpaired) electrons. The molecule has 0 saturated carbocycles. The summed E-state index contributed by atoms with van der Waals surface area (Å²) in [5.74, 6) is 0.0163. The van der Waals surface area contributed by atoms with Crippen LogP contribution in [0, 0.1) is 11.3 Å². The van der Waals surface area contributed by atoms with E-state index in [0.717, 1.165) is 11.1 Å². The van der Waals surface area contributed by atoms with E-state index in [2.05, 4.69) is 6.07 Å². The maximum Gasteiger partial charge on any atom is 0.276 e. The van der Waals surface area contributed by atoms with E-state index in [1.807, 2.05) is 59.6 Å². The number of carbonyl (C=O) groups excluding carboxylic acids is 2. The van der Waals surface area contributed by atoms with Gasteiger partial charge in [-0.15, -0.1) is 0 Å². The predicted octanol–water partition coefficient (Wildman–Crippen LogP) is 5.32.